The summed E-state index contributed by atoms with van der Waals surface area (Å²) in [6, 6.07) is 0. The predicted molar refractivity (Wildman–Crippen MR) is 63.3 cm³/mol. The Bertz CT molecular complexity index is 297. The van der Waals surface area contributed by atoms with E-state index in [2.05, 4.69) is 0 Å². The van der Waals surface area contributed by atoms with Crippen LogP contribution in [0.1, 0.15) is 38.5 Å². The molecule has 0 aromatic rings. The number of amides is 1. The second-order valence-electron chi connectivity index (χ2n) is 5.05. The van der Waals surface area contributed by atoms with Crippen molar-refractivity contribution in [1.82, 2.24) is 4.90 Å². The van der Waals surface area contributed by atoms with E-state index >= 15 is 0 Å². The standard InChI is InChI=1S/C13H21NO3/c1-17-13(16)11-7-5-6-10(11)12(15)14-8-3-2-4-9-14/h10-11H,2-9H2,1H3/t10-,11-/m0/s1. The van der Waals surface area contributed by atoms with Crippen molar-refractivity contribution in [2.45, 2.75) is 38.5 Å². The summed E-state index contributed by atoms with van der Waals surface area (Å²) in [6.07, 6.45) is 6.02. The van der Waals surface area contributed by atoms with E-state index in [4.69, 9.17) is 4.74 Å². The van der Waals surface area contributed by atoms with Crippen molar-refractivity contribution in [2.24, 2.45) is 11.8 Å². The van der Waals surface area contributed by atoms with E-state index in [-0.39, 0.29) is 23.7 Å². The van der Waals surface area contributed by atoms with Gasteiger partial charge in [-0.15, -0.1) is 0 Å². The molecule has 0 aromatic heterocycles. The summed E-state index contributed by atoms with van der Waals surface area (Å²) < 4.78 is 4.79. The van der Waals surface area contributed by atoms with Gasteiger partial charge < -0.3 is 9.64 Å². The van der Waals surface area contributed by atoms with Gasteiger partial charge in [-0.05, 0) is 32.1 Å². The van der Waals surface area contributed by atoms with E-state index < -0.39 is 0 Å². The molecule has 2 aliphatic rings. The zero-order valence-corrected chi connectivity index (χ0v) is 10.5. The summed E-state index contributed by atoms with van der Waals surface area (Å²) in [6.45, 7) is 1.73. The number of piperidine rings is 1. The quantitative estimate of drug-likeness (QED) is 0.687. The van der Waals surface area contributed by atoms with Gasteiger partial charge in [-0.2, -0.15) is 0 Å². The van der Waals surface area contributed by atoms with Crippen molar-refractivity contribution < 1.29 is 14.3 Å². The van der Waals surface area contributed by atoms with Gasteiger partial charge in [0.2, 0.25) is 5.91 Å². The van der Waals surface area contributed by atoms with E-state index in [0.717, 1.165) is 45.2 Å². The summed E-state index contributed by atoms with van der Waals surface area (Å²) in [5.74, 6) is -0.356. The normalized spacial score (nSPS) is 29.1. The molecule has 1 saturated heterocycles. The Morgan fingerprint density at radius 1 is 1.00 bits per heavy atom. The summed E-state index contributed by atoms with van der Waals surface area (Å²) >= 11 is 0. The van der Waals surface area contributed by atoms with Crippen molar-refractivity contribution in [1.29, 1.82) is 0 Å². The number of ether oxygens (including phenoxy) is 1. The average molecular weight is 239 g/mol. The fraction of sp³-hybridized carbons (Fsp3) is 0.846. The molecule has 2 atom stereocenters. The first-order valence-corrected chi connectivity index (χ1v) is 6.60. The second kappa shape index (κ2) is 5.52. The van der Waals surface area contributed by atoms with Gasteiger partial charge in [0.05, 0.1) is 18.9 Å². The maximum atomic E-state index is 12.3. The minimum atomic E-state index is -0.210. The number of methoxy groups -OCH3 is 1. The molecule has 2 fully saturated rings. The molecular weight excluding hydrogens is 218 g/mol. The third-order valence-electron chi connectivity index (χ3n) is 4.00. The first kappa shape index (κ1) is 12.4. The first-order chi connectivity index (χ1) is 8.24. The lowest BCUT2D eigenvalue weighted by Crippen LogP contribution is -2.42. The van der Waals surface area contributed by atoms with Gasteiger partial charge in [0, 0.05) is 13.1 Å². The number of hydrogen-bond acceptors (Lipinski definition) is 3. The van der Waals surface area contributed by atoms with Crippen LogP contribution in [0.3, 0.4) is 0 Å². The van der Waals surface area contributed by atoms with E-state index in [1.807, 2.05) is 4.90 Å². The van der Waals surface area contributed by atoms with Crippen LogP contribution in [-0.2, 0) is 14.3 Å². The van der Waals surface area contributed by atoms with Crippen LogP contribution in [-0.4, -0.2) is 37.0 Å². The van der Waals surface area contributed by atoms with Gasteiger partial charge in [-0.1, -0.05) is 6.42 Å². The van der Waals surface area contributed by atoms with Crippen LogP contribution in [0, 0.1) is 11.8 Å². The van der Waals surface area contributed by atoms with Gasteiger partial charge in [0.25, 0.3) is 0 Å². The van der Waals surface area contributed by atoms with Gasteiger partial charge in [-0.25, -0.2) is 0 Å². The molecular formula is C13H21NO3. The third-order valence-corrected chi connectivity index (χ3v) is 4.00. The lowest BCUT2D eigenvalue weighted by Gasteiger charge is -2.30. The van der Waals surface area contributed by atoms with Gasteiger partial charge in [-0.3, -0.25) is 9.59 Å². The molecule has 1 saturated carbocycles. The Morgan fingerprint density at radius 2 is 1.65 bits per heavy atom. The molecule has 96 valence electrons. The first-order valence-electron chi connectivity index (χ1n) is 6.60. The SMILES string of the molecule is COC(=O)[C@H]1CCC[C@@H]1C(=O)N1CCCCC1. The van der Waals surface area contributed by atoms with E-state index in [9.17, 15) is 9.59 Å². The molecule has 0 unspecified atom stereocenters. The van der Waals surface area contributed by atoms with Crippen molar-refractivity contribution >= 4 is 11.9 Å². The predicted octanol–water partition coefficient (Wildman–Crippen LogP) is 1.59. The molecule has 17 heavy (non-hydrogen) atoms. The molecule has 0 aromatic carbocycles. The Morgan fingerprint density at radius 3 is 2.29 bits per heavy atom. The van der Waals surface area contributed by atoms with Gasteiger partial charge in [0.15, 0.2) is 0 Å². The third kappa shape index (κ3) is 2.61. The fourth-order valence-corrected chi connectivity index (χ4v) is 3.04. The topological polar surface area (TPSA) is 46.6 Å². The zero-order chi connectivity index (χ0) is 12.3. The summed E-state index contributed by atoms with van der Waals surface area (Å²) in [5.41, 5.74) is 0. The molecule has 1 amide bonds. The summed E-state index contributed by atoms with van der Waals surface area (Å²) in [7, 11) is 1.41. The average Bonchev–Trinajstić information content (AvgIpc) is 2.87. The van der Waals surface area contributed by atoms with E-state index in [0.29, 0.717) is 0 Å². The Hall–Kier alpha value is -1.06. The molecule has 0 N–H and O–H groups in total. The van der Waals surface area contributed by atoms with E-state index in [1.54, 1.807) is 0 Å². The molecule has 1 aliphatic heterocycles. The molecule has 4 nitrogen and oxygen atoms in total. The zero-order valence-electron chi connectivity index (χ0n) is 10.5. The largest absolute Gasteiger partial charge is 0.469 e. The molecule has 0 spiro atoms. The maximum absolute atomic E-state index is 12.3. The fourth-order valence-electron chi connectivity index (χ4n) is 3.04. The molecule has 0 radical (unpaired) electrons. The van der Waals surface area contributed by atoms with Crippen LogP contribution in [0.2, 0.25) is 0 Å². The van der Waals surface area contributed by atoms with Crippen molar-refractivity contribution in [3.63, 3.8) is 0 Å². The molecule has 2 rings (SSSR count). The highest BCUT2D eigenvalue weighted by Crippen LogP contribution is 2.34. The number of likely N-dealkylation sites (tertiary alicyclic amines) is 1. The van der Waals surface area contributed by atoms with Gasteiger partial charge >= 0.3 is 5.97 Å². The summed E-state index contributed by atoms with van der Waals surface area (Å²) in [5, 5.41) is 0. The lowest BCUT2D eigenvalue weighted by atomic mass is 9.94. The van der Waals surface area contributed by atoms with Crippen molar-refractivity contribution in [2.75, 3.05) is 20.2 Å². The minimum absolute atomic E-state index is 0.124. The number of esters is 1. The maximum Gasteiger partial charge on any atom is 0.309 e. The Labute approximate surface area is 102 Å². The Balaban J connectivity index is 1.99. The van der Waals surface area contributed by atoms with Crippen LogP contribution in [0.25, 0.3) is 0 Å². The summed E-state index contributed by atoms with van der Waals surface area (Å²) in [4.78, 5) is 25.9. The monoisotopic (exact) mass is 239 g/mol. The minimum Gasteiger partial charge on any atom is -0.469 e. The number of nitrogens with zero attached hydrogens (tertiary/aromatic N) is 1. The highest BCUT2D eigenvalue weighted by Gasteiger charge is 2.40. The second-order valence-corrected chi connectivity index (χ2v) is 5.05. The van der Waals surface area contributed by atoms with Crippen LogP contribution >= 0.6 is 0 Å². The number of hydrogen-bond donors (Lipinski definition) is 0. The molecule has 0 bridgehead atoms. The van der Waals surface area contributed by atoms with Crippen LogP contribution in [0.5, 0.6) is 0 Å². The van der Waals surface area contributed by atoms with Crippen molar-refractivity contribution in [3.8, 4) is 0 Å². The van der Waals surface area contributed by atoms with E-state index in [1.165, 1.54) is 13.5 Å². The van der Waals surface area contributed by atoms with Crippen LogP contribution in [0.4, 0.5) is 0 Å². The van der Waals surface area contributed by atoms with Gasteiger partial charge in [0.1, 0.15) is 0 Å². The highest BCUT2D eigenvalue weighted by molar-refractivity contribution is 5.86. The molecule has 4 heteroatoms. The molecule has 1 aliphatic carbocycles. The number of carbonyl (C=O) groups is 2. The number of carbonyl (C=O) groups excluding carboxylic acids is 2. The number of rotatable bonds is 2. The smallest absolute Gasteiger partial charge is 0.309 e. The lowest BCUT2D eigenvalue weighted by molar-refractivity contribution is -0.152. The Kier molecular flexibility index (Phi) is 4.02. The highest BCUT2D eigenvalue weighted by atomic mass is 16.5. The van der Waals surface area contributed by atoms with Crippen LogP contribution in [0.15, 0.2) is 0 Å². The van der Waals surface area contributed by atoms with Crippen LogP contribution < -0.4 is 0 Å². The van der Waals surface area contributed by atoms with Crippen molar-refractivity contribution in [3.05, 3.63) is 0 Å². The molecule has 1 heterocycles.